The summed E-state index contributed by atoms with van der Waals surface area (Å²) >= 11 is 5.63. The number of halogens is 1. The average molecular weight is 227 g/mol. The predicted octanol–water partition coefficient (Wildman–Crippen LogP) is 1.91. The Kier molecular flexibility index (Phi) is 4.56. The minimum absolute atomic E-state index is 0.0638. The van der Waals surface area contributed by atoms with Crippen molar-refractivity contribution < 1.29 is 4.79 Å². The minimum Gasteiger partial charge on any atom is -0.341 e. The van der Waals surface area contributed by atoms with Crippen LogP contribution < -0.4 is 0 Å². The molecule has 0 saturated carbocycles. The van der Waals surface area contributed by atoms with Gasteiger partial charge in [0, 0.05) is 37.8 Å². The highest BCUT2D eigenvalue weighted by molar-refractivity contribution is 6.19. The van der Waals surface area contributed by atoms with Gasteiger partial charge < -0.3 is 4.90 Å². The highest BCUT2D eigenvalue weighted by atomic mass is 35.5. The maximum absolute atomic E-state index is 11.7. The van der Waals surface area contributed by atoms with Crippen molar-refractivity contribution in [3.63, 3.8) is 0 Å². The minimum atomic E-state index is -0.131. The summed E-state index contributed by atoms with van der Waals surface area (Å²) < 4.78 is 0. The van der Waals surface area contributed by atoms with Crippen LogP contribution in [-0.2, 0) is 11.3 Å². The first-order valence-electron chi connectivity index (χ1n) is 4.85. The number of amides is 1. The molecule has 1 unspecified atom stereocenters. The number of rotatable bonds is 4. The Bertz CT molecular complexity index is 316. The fourth-order valence-corrected chi connectivity index (χ4v) is 1.42. The standard InChI is InChI=1S/C11H15ClN2O/c1-9(6-12)11(15)14(2)8-10-4-3-5-13-7-10/h3-5,7,9H,6,8H2,1-2H3. The van der Waals surface area contributed by atoms with Crippen molar-refractivity contribution in [2.24, 2.45) is 5.92 Å². The fraction of sp³-hybridized carbons (Fsp3) is 0.455. The zero-order valence-electron chi connectivity index (χ0n) is 8.98. The topological polar surface area (TPSA) is 33.2 Å². The highest BCUT2D eigenvalue weighted by Crippen LogP contribution is 2.07. The molecule has 1 heterocycles. The molecule has 0 aliphatic carbocycles. The number of hydrogen-bond donors (Lipinski definition) is 0. The molecule has 1 aromatic rings. The number of carbonyl (C=O) groups is 1. The van der Waals surface area contributed by atoms with Crippen LogP contribution in [-0.4, -0.2) is 28.7 Å². The van der Waals surface area contributed by atoms with Gasteiger partial charge in [-0.25, -0.2) is 0 Å². The van der Waals surface area contributed by atoms with E-state index in [-0.39, 0.29) is 11.8 Å². The Hall–Kier alpha value is -1.09. The Labute approximate surface area is 95.1 Å². The normalized spacial score (nSPS) is 12.2. The van der Waals surface area contributed by atoms with Gasteiger partial charge in [-0.05, 0) is 11.6 Å². The summed E-state index contributed by atoms with van der Waals surface area (Å²) in [7, 11) is 1.78. The van der Waals surface area contributed by atoms with Gasteiger partial charge in [-0.2, -0.15) is 0 Å². The molecule has 82 valence electrons. The van der Waals surface area contributed by atoms with E-state index >= 15 is 0 Å². The van der Waals surface area contributed by atoms with Crippen molar-refractivity contribution in [2.45, 2.75) is 13.5 Å². The quantitative estimate of drug-likeness (QED) is 0.735. The van der Waals surface area contributed by atoms with Gasteiger partial charge in [0.15, 0.2) is 0 Å². The maximum atomic E-state index is 11.7. The van der Waals surface area contributed by atoms with Gasteiger partial charge in [-0.3, -0.25) is 9.78 Å². The summed E-state index contributed by atoms with van der Waals surface area (Å²) in [6.07, 6.45) is 3.47. The van der Waals surface area contributed by atoms with E-state index in [4.69, 9.17) is 11.6 Å². The summed E-state index contributed by atoms with van der Waals surface area (Å²) in [5.74, 6) is 0.290. The third-order valence-corrected chi connectivity index (χ3v) is 2.63. The van der Waals surface area contributed by atoms with Crippen LogP contribution in [0.4, 0.5) is 0 Å². The van der Waals surface area contributed by atoms with Gasteiger partial charge in [-0.15, -0.1) is 11.6 Å². The van der Waals surface area contributed by atoms with E-state index in [0.717, 1.165) is 5.56 Å². The molecule has 1 atom stereocenters. The summed E-state index contributed by atoms with van der Waals surface area (Å²) in [5.41, 5.74) is 1.02. The third kappa shape index (κ3) is 3.51. The Morgan fingerprint density at radius 2 is 2.40 bits per heavy atom. The second kappa shape index (κ2) is 5.71. The van der Waals surface area contributed by atoms with Crippen LogP contribution in [0.3, 0.4) is 0 Å². The van der Waals surface area contributed by atoms with E-state index in [1.807, 2.05) is 19.1 Å². The predicted molar refractivity (Wildman–Crippen MR) is 60.6 cm³/mol. The zero-order valence-corrected chi connectivity index (χ0v) is 9.74. The zero-order chi connectivity index (χ0) is 11.3. The largest absolute Gasteiger partial charge is 0.341 e. The van der Waals surface area contributed by atoms with Crippen LogP contribution in [0.1, 0.15) is 12.5 Å². The first-order chi connectivity index (χ1) is 7.15. The van der Waals surface area contributed by atoms with E-state index in [1.165, 1.54) is 0 Å². The molecule has 1 amide bonds. The van der Waals surface area contributed by atoms with Crippen molar-refractivity contribution in [3.05, 3.63) is 30.1 Å². The Balaban J connectivity index is 2.56. The molecule has 0 fully saturated rings. The van der Waals surface area contributed by atoms with E-state index in [1.54, 1.807) is 24.3 Å². The third-order valence-electron chi connectivity index (χ3n) is 2.17. The summed E-state index contributed by atoms with van der Waals surface area (Å²) in [5, 5.41) is 0. The Morgan fingerprint density at radius 3 is 2.93 bits per heavy atom. The monoisotopic (exact) mass is 226 g/mol. The molecular formula is C11H15ClN2O. The lowest BCUT2D eigenvalue weighted by Crippen LogP contribution is -2.31. The number of nitrogens with zero attached hydrogens (tertiary/aromatic N) is 2. The van der Waals surface area contributed by atoms with Crippen LogP contribution in [0.5, 0.6) is 0 Å². The average Bonchev–Trinajstić information content (AvgIpc) is 2.28. The molecule has 1 rings (SSSR count). The van der Waals surface area contributed by atoms with Crippen molar-refractivity contribution in [3.8, 4) is 0 Å². The molecule has 15 heavy (non-hydrogen) atoms. The molecule has 0 aromatic carbocycles. The van der Waals surface area contributed by atoms with E-state index in [0.29, 0.717) is 12.4 Å². The van der Waals surface area contributed by atoms with Crippen LogP contribution in [0.25, 0.3) is 0 Å². The van der Waals surface area contributed by atoms with Gasteiger partial charge in [0.25, 0.3) is 0 Å². The second-order valence-electron chi connectivity index (χ2n) is 3.61. The highest BCUT2D eigenvalue weighted by Gasteiger charge is 2.16. The van der Waals surface area contributed by atoms with Crippen molar-refractivity contribution >= 4 is 17.5 Å². The van der Waals surface area contributed by atoms with Gasteiger partial charge >= 0.3 is 0 Å². The molecule has 0 spiro atoms. The molecule has 0 radical (unpaired) electrons. The molecule has 4 heteroatoms. The first-order valence-corrected chi connectivity index (χ1v) is 5.38. The maximum Gasteiger partial charge on any atom is 0.226 e. The number of alkyl halides is 1. The van der Waals surface area contributed by atoms with Crippen molar-refractivity contribution in [1.82, 2.24) is 9.88 Å². The van der Waals surface area contributed by atoms with Gasteiger partial charge in [-0.1, -0.05) is 13.0 Å². The molecule has 0 aliphatic rings. The molecule has 0 bridgehead atoms. The van der Waals surface area contributed by atoms with Crippen LogP contribution in [0.15, 0.2) is 24.5 Å². The molecule has 1 aromatic heterocycles. The van der Waals surface area contributed by atoms with Crippen molar-refractivity contribution in [1.29, 1.82) is 0 Å². The second-order valence-corrected chi connectivity index (χ2v) is 3.92. The lowest BCUT2D eigenvalue weighted by atomic mass is 10.2. The van der Waals surface area contributed by atoms with E-state index in [9.17, 15) is 4.79 Å². The van der Waals surface area contributed by atoms with E-state index < -0.39 is 0 Å². The number of aromatic nitrogens is 1. The number of hydrogen-bond acceptors (Lipinski definition) is 2. The van der Waals surface area contributed by atoms with Gasteiger partial charge in [0.2, 0.25) is 5.91 Å². The number of carbonyl (C=O) groups excluding carboxylic acids is 1. The van der Waals surface area contributed by atoms with Crippen LogP contribution in [0.2, 0.25) is 0 Å². The fourth-order valence-electron chi connectivity index (χ4n) is 1.29. The molecule has 3 nitrogen and oxygen atoms in total. The van der Waals surface area contributed by atoms with Gasteiger partial charge in [0.05, 0.1) is 0 Å². The number of pyridine rings is 1. The molecule has 0 N–H and O–H groups in total. The molecular weight excluding hydrogens is 212 g/mol. The summed E-state index contributed by atoms with van der Waals surface area (Å²) in [6.45, 7) is 2.41. The molecule has 0 saturated heterocycles. The first kappa shape index (κ1) is 12.0. The smallest absolute Gasteiger partial charge is 0.226 e. The van der Waals surface area contributed by atoms with Crippen LogP contribution in [0, 0.1) is 5.92 Å². The lowest BCUT2D eigenvalue weighted by Gasteiger charge is -2.20. The lowest BCUT2D eigenvalue weighted by molar-refractivity contribution is -0.133. The van der Waals surface area contributed by atoms with Gasteiger partial charge in [0.1, 0.15) is 0 Å². The van der Waals surface area contributed by atoms with Crippen LogP contribution >= 0.6 is 11.6 Å². The SMILES string of the molecule is CC(CCl)C(=O)N(C)Cc1cccnc1. The van der Waals surface area contributed by atoms with Crippen molar-refractivity contribution in [2.75, 3.05) is 12.9 Å². The molecule has 0 aliphatic heterocycles. The van der Waals surface area contributed by atoms with E-state index in [2.05, 4.69) is 4.98 Å². The summed E-state index contributed by atoms with van der Waals surface area (Å²) in [4.78, 5) is 17.4. The summed E-state index contributed by atoms with van der Waals surface area (Å²) in [6, 6.07) is 3.81. The Morgan fingerprint density at radius 1 is 1.67 bits per heavy atom.